The molecular formula is C25H26N2O6S. The van der Waals surface area contributed by atoms with E-state index in [1.807, 2.05) is 13.0 Å². The molecule has 2 N–H and O–H groups in total. The molecule has 9 heteroatoms. The van der Waals surface area contributed by atoms with E-state index >= 15 is 0 Å². The predicted molar refractivity (Wildman–Crippen MR) is 128 cm³/mol. The Morgan fingerprint density at radius 1 is 0.941 bits per heavy atom. The lowest BCUT2D eigenvalue weighted by atomic mass is 10.0. The van der Waals surface area contributed by atoms with Crippen molar-refractivity contribution in [1.29, 1.82) is 0 Å². The van der Waals surface area contributed by atoms with E-state index in [-0.39, 0.29) is 16.9 Å². The van der Waals surface area contributed by atoms with Crippen molar-refractivity contribution in [3.63, 3.8) is 0 Å². The molecule has 0 aliphatic rings. The molecule has 0 saturated heterocycles. The molecule has 178 valence electrons. The highest BCUT2D eigenvalue weighted by atomic mass is 32.2. The van der Waals surface area contributed by atoms with Gasteiger partial charge in [-0.25, -0.2) is 8.42 Å². The van der Waals surface area contributed by atoms with Crippen LogP contribution in [0.1, 0.15) is 35.3 Å². The Kier molecular flexibility index (Phi) is 8.26. The summed E-state index contributed by atoms with van der Waals surface area (Å²) in [7, 11) is -2.67. The van der Waals surface area contributed by atoms with Gasteiger partial charge in [-0.1, -0.05) is 36.4 Å². The van der Waals surface area contributed by atoms with Crippen LogP contribution in [0.15, 0.2) is 83.8 Å². The number of ether oxygens (including phenoxy) is 2. The highest BCUT2D eigenvalue weighted by Crippen LogP contribution is 2.22. The van der Waals surface area contributed by atoms with Crippen LogP contribution < -0.4 is 14.8 Å². The molecule has 34 heavy (non-hydrogen) atoms. The summed E-state index contributed by atoms with van der Waals surface area (Å²) in [5.74, 6) is -0.370. The Bertz CT molecular complexity index is 1230. The molecule has 0 heterocycles. The van der Waals surface area contributed by atoms with Crippen molar-refractivity contribution in [2.45, 2.75) is 24.3 Å². The second-order valence-electron chi connectivity index (χ2n) is 7.31. The van der Waals surface area contributed by atoms with Crippen molar-refractivity contribution < 1.29 is 27.5 Å². The number of carbonyl (C=O) groups is 2. The van der Waals surface area contributed by atoms with Gasteiger partial charge in [0, 0.05) is 11.3 Å². The third kappa shape index (κ3) is 6.58. The van der Waals surface area contributed by atoms with E-state index in [1.54, 1.807) is 48.5 Å². The largest absolute Gasteiger partial charge is 0.494 e. The lowest BCUT2D eigenvalue weighted by Gasteiger charge is -2.18. The van der Waals surface area contributed by atoms with Gasteiger partial charge in [-0.3, -0.25) is 14.3 Å². The van der Waals surface area contributed by atoms with Crippen LogP contribution in [0.2, 0.25) is 0 Å². The van der Waals surface area contributed by atoms with Gasteiger partial charge in [0.1, 0.15) is 5.75 Å². The van der Waals surface area contributed by atoms with Gasteiger partial charge >= 0.3 is 5.97 Å². The minimum atomic E-state index is -3.94. The van der Waals surface area contributed by atoms with Crippen LogP contribution in [0.25, 0.3) is 0 Å². The van der Waals surface area contributed by atoms with E-state index in [0.717, 1.165) is 5.56 Å². The summed E-state index contributed by atoms with van der Waals surface area (Å²) in [6.07, 6.45) is -0.0659. The third-order valence-electron chi connectivity index (χ3n) is 4.93. The number of hydrogen-bond donors (Lipinski definition) is 2. The zero-order chi connectivity index (χ0) is 24.6. The number of amides is 1. The molecule has 1 amide bonds. The van der Waals surface area contributed by atoms with E-state index in [9.17, 15) is 18.0 Å². The fraction of sp³-hybridized carbons (Fsp3) is 0.200. The van der Waals surface area contributed by atoms with Crippen LogP contribution in [0.3, 0.4) is 0 Å². The lowest BCUT2D eigenvalue weighted by molar-refractivity contribution is -0.141. The maximum Gasteiger partial charge on any atom is 0.307 e. The summed E-state index contributed by atoms with van der Waals surface area (Å²) in [6, 6.07) is 20.5. The summed E-state index contributed by atoms with van der Waals surface area (Å²) < 4.78 is 38.4. The number of sulfonamides is 1. The van der Waals surface area contributed by atoms with Gasteiger partial charge in [-0.05, 0) is 55.0 Å². The zero-order valence-electron chi connectivity index (χ0n) is 18.9. The maximum atomic E-state index is 12.9. The van der Waals surface area contributed by atoms with Gasteiger partial charge in [0.2, 0.25) is 0 Å². The maximum absolute atomic E-state index is 12.9. The summed E-state index contributed by atoms with van der Waals surface area (Å²) in [6.45, 7) is 2.36. The second-order valence-corrected chi connectivity index (χ2v) is 8.99. The molecule has 0 radical (unpaired) electrons. The monoisotopic (exact) mass is 482 g/mol. The fourth-order valence-electron chi connectivity index (χ4n) is 3.23. The number of nitrogens with one attached hydrogen (secondary N) is 2. The molecule has 0 fully saturated rings. The van der Waals surface area contributed by atoms with E-state index in [4.69, 9.17) is 9.47 Å². The minimum absolute atomic E-state index is 0.0659. The Morgan fingerprint density at radius 3 is 2.29 bits per heavy atom. The first kappa shape index (κ1) is 24.8. The van der Waals surface area contributed by atoms with E-state index in [0.29, 0.717) is 18.0 Å². The number of benzene rings is 3. The van der Waals surface area contributed by atoms with Gasteiger partial charge in [0.05, 0.1) is 31.1 Å². The van der Waals surface area contributed by atoms with Crippen LogP contribution in [0.4, 0.5) is 5.69 Å². The van der Waals surface area contributed by atoms with Crippen molar-refractivity contribution in [2.75, 3.05) is 18.4 Å². The Hall–Kier alpha value is -3.85. The Morgan fingerprint density at radius 2 is 1.65 bits per heavy atom. The molecule has 3 aromatic rings. The van der Waals surface area contributed by atoms with Crippen molar-refractivity contribution in [3.8, 4) is 5.75 Å². The minimum Gasteiger partial charge on any atom is -0.494 e. The van der Waals surface area contributed by atoms with Gasteiger partial charge in [0.15, 0.2) is 0 Å². The Balaban J connectivity index is 1.78. The quantitative estimate of drug-likeness (QED) is 0.424. The lowest BCUT2D eigenvalue weighted by Crippen LogP contribution is -2.30. The first-order chi connectivity index (χ1) is 16.3. The topological polar surface area (TPSA) is 111 Å². The van der Waals surface area contributed by atoms with Crippen molar-refractivity contribution in [3.05, 3.63) is 90.0 Å². The number of anilines is 1. The SMILES string of the molecule is CCOc1ccc(NS(=O)(=O)c2cccc(C(=O)NC(CC(=O)OC)c3ccccc3)c2)cc1. The summed E-state index contributed by atoms with van der Waals surface area (Å²) in [4.78, 5) is 24.7. The molecule has 3 rings (SSSR count). The molecule has 0 bridgehead atoms. The highest BCUT2D eigenvalue weighted by Gasteiger charge is 2.21. The van der Waals surface area contributed by atoms with Crippen LogP contribution in [0.5, 0.6) is 5.75 Å². The molecule has 0 aromatic heterocycles. The molecule has 3 aromatic carbocycles. The van der Waals surface area contributed by atoms with Crippen LogP contribution in [-0.4, -0.2) is 34.0 Å². The van der Waals surface area contributed by atoms with Crippen LogP contribution >= 0.6 is 0 Å². The predicted octanol–water partition coefficient (Wildman–Crippen LogP) is 3.92. The summed E-state index contributed by atoms with van der Waals surface area (Å²) in [5.41, 5.74) is 1.23. The smallest absolute Gasteiger partial charge is 0.307 e. The van der Waals surface area contributed by atoms with E-state index in [2.05, 4.69) is 10.0 Å². The van der Waals surface area contributed by atoms with Gasteiger partial charge in [-0.15, -0.1) is 0 Å². The van der Waals surface area contributed by atoms with Crippen molar-refractivity contribution in [2.24, 2.45) is 0 Å². The van der Waals surface area contributed by atoms with Crippen molar-refractivity contribution in [1.82, 2.24) is 5.32 Å². The summed E-state index contributed by atoms with van der Waals surface area (Å²) in [5, 5.41) is 2.79. The first-order valence-electron chi connectivity index (χ1n) is 10.6. The normalized spacial score (nSPS) is 11.8. The molecule has 0 saturated carbocycles. The summed E-state index contributed by atoms with van der Waals surface area (Å²) >= 11 is 0. The number of hydrogen-bond acceptors (Lipinski definition) is 6. The Labute approximate surface area is 199 Å². The first-order valence-corrected chi connectivity index (χ1v) is 12.1. The van der Waals surface area contributed by atoms with Gasteiger partial charge in [0.25, 0.3) is 15.9 Å². The fourth-order valence-corrected chi connectivity index (χ4v) is 4.34. The van der Waals surface area contributed by atoms with Crippen molar-refractivity contribution >= 4 is 27.6 Å². The van der Waals surface area contributed by atoms with Gasteiger partial charge in [-0.2, -0.15) is 0 Å². The van der Waals surface area contributed by atoms with E-state index < -0.39 is 27.9 Å². The molecular weight excluding hydrogens is 456 g/mol. The zero-order valence-corrected chi connectivity index (χ0v) is 19.7. The highest BCUT2D eigenvalue weighted by molar-refractivity contribution is 7.92. The van der Waals surface area contributed by atoms with E-state index in [1.165, 1.54) is 31.4 Å². The molecule has 0 spiro atoms. The van der Waals surface area contributed by atoms with Crippen LogP contribution in [-0.2, 0) is 19.6 Å². The van der Waals surface area contributed by atoms with Crippen LogP contribution in [0, 0.1) is 0 Å². The standard InChI is InChI=1S/C25H26N2O6S/c1-3-33-21-14-12-20(13-15-21)27-34(30,31)22-11-7-10-19(16-22)25(29)26-23(17-24(28)32-2)18-8-5-4-6-9-18/h4-16,23,27H,3,17H2,1-2H3,(H,26,29). The molecule has 1 atom stereocenters. The number of methoxy groups -OCH3 is 1. The number of esters is 1. The molecule has 1 unspecified atom stereocenters. The number of rotatable bonds is 10. The average Bonchev–Trinajstić information content (AvgIpc) is 2.85. The molecule has 0 aliphatic carbocycles. The molecule has 8 nitrogen and oxygen atoms in total. The number of carbonyl (C=O) groups excluding carboxylic acids is 2. The second kappa shape index (κ2) is 11.3. The average molecular weight is 483 g/mol. The third-order valence-corrected chi connectivity index (χ3v) is 6.31. The molecule has 0 aliphatic heterocycles. The van der Waals surface area contributed by atoms with Gasteiger partial charge < -0.3 is 14.8 Å².